The number of amides is 2. The molecule has 0 aromatic heterocycles. The van der Waals surface area contributed by atoms with Crippen LogP contribution in [0.3, 0.4) is 0 Å². The quantitative estimate of drug-likeness (QED) is 0.323. The van der Waals surface area contributed by atoms with E-state index in [9.17, 15) is 14.4 Å². The maximum atomic E-state index is 12.1. The molecule has 176 valence electrons. The molecule has 3 aromatic rings. The summed E-state index contributed by atoms with van der Waals surface area (Å²) in [6.07, 6.45) is -0.199. The van der Waals surface area contributed by atoms with Crippen LogP contribution < -0.4 is 10.6 Å². The number of benzene rings is 3. The molecule has 0 unspecified atom stereocenters. The fourth-order valence-electron chi connectivity index (χ4n) is 2.82. The second-order valence-electron chi connectivity index (χ2n) is 7.30. The largest absolute Gasteiger partial charge is 0.456 e. The van der Waals surface area contributed by atoms with E-state index < -0.39 is 18.5 Å². The van der Waals surface area contributed by atoms with E-state index in [2.05, 4.69) is 10.6 Å². The highest BCUT2D eigenvalue weighted by Crippen LogP contribution is 2.29. The Hall–Kier alpha value is -3.00. The van der Waals surface area contributed by atoms with Crippen LogP contribution in [0.1, 0.15) is 18.4 Å². The maximum Gasteiger partial charge on any atom is 0.306 e. The third-order valence-electron chi connectivity index (χ3n) is 4.58. The van der Waals surface area contributed by atoms with Crippen molar-refractivity contribution in [2.24, 2.45) is 0 Å². The highest BCUT2D eigenvalue weighted by atomic mass is 35.5. The Morgan fingerprint density at radius 1 is 0.794 bits per heavy atom. The smallest absolute Gasteiger partial charge is 0.306 e. The van der Waals surface area contributed by atoms with Gasteiger partial charge < -0.3 is 15.4 Å². The molecule has 0 aliphatic carbocycles. The first-order valence-electron chi connectivity index (χ1n) is 10.3. The van der Waals surface area contributed by atoms with Crippen LogP contribution in [0.5, 0.6) is 0 Å². The summed E-state index contributed by atoms with van der Waals surface area (Å²) >= 11 is 13.4. The van der Waals surface area contributed by atoms with Crippen molar-refractivity contribution in [2.45, 2.75) is 29.6 Å². The van der Waals surface area contributed by atoms with E-state index in [4.69, 9.17) is 27.9 Å². The lowest BCUT2D eigenvalue weighted by molar-refractivity contribution is -0.147. The lowest BCUT2D eigenvalue weighted by Crippen LogP contribution is -2.22. The lowest BCUT2D eigenvalue weighted by Gasteiger charge is -2.09. The number of hydrogen-bond acceptors (Lipinski definition) is 5. The molecule has 0 radical (unpaired) electrons. The van der Waals surface area contributed by atoms with Crippen molar-refractivity contribution in [2.75, 3.05) is 17.2 Å². The molecule has 0 heterocycles. The van der Waals surface area contributed by atoms with E-state index in [1.165, 1.54) is 0 Å². The number of ether oxygens (including phenoxy) is 1. The molecule has 3 aromatic carbocycles. The Morgan fingerprint density at radius 2 is 1.41 bits per heavy atom. The Bertz CT molecular complexity index is 1170. The summed E-state index contributed by atoms with van der Waals surface area (Å²) in [6.45, 7) is 1.38. The zero-order valence-corrected chi connectivity index (χ0v) is 20.6. The molecule has 2 amide bonds. The van der Waals surface area contributed by atoms with Gasteiger partial charge in [0.25, 0.3) is 5.91 Å². The van der Waals surface area contributed by atoms with Gasteiger partial charge in [0.05, 0.1) is 6.42 Å². The Kier molecular flexibility index (Phi) is 9.39. The van der Waals surface area contributed by atoms with Gasteiger partial charge in [-0.25, -0.2) is 0 Å². The van der Waals surface area contributed by atoms with Crippen molar-refractivity contribution in [1.29, 1.82) is 0 Å². The average molecular weight is 517 g/mol. The van der Waals surface area contributed by atoms with Gasteiger partial charge in [-0.05, 0) is 73.2 Å². The van der Waals surface area contributed by atoms with Gasteiger partial charge >= 0.3 is 5.97 Å². The summed E-state index contributed by atoms with van der Waals surface area (Å²) in [4.78, 5) is 38.1. The van der Waals surface area contributed by atoms with Crippen molar-refractivity contribution < 1.29 is 19.1 Å². The molecule has 0 atom stereocenters. The molecule has 0 saturated carbocycles. The van der Waals surface area contributed by atoms with Crippen molar-refractivity contribution in [3.63, 3.8) is 0 Å². The van der Waals surface area contributed by atoms with Gasteiger partial charge in [0.15, 0.2) is 6.61 Å². The van der Waals surface area contributed by atoms with Crippen LogP contribution in [-0.4, -0.2) is 24.4 Å². The van der Waals surface area contributed by atoms with Crippen molar-refractivity contribution in [3.05, 3.63) is 82.3 Å². The highest BCUT2D eigenvalue weighted by Gasteiger charge is 2.12. The summed E-state index contributed by atoms with van der Waals surface area (Å²) in [5.41, 5.74) is 2.00. The van der Waals surface area contributed by atoms with Gasteiger partial charge in [-0.15, -0.1) is 0 Å². The summed E-state index contributed by atoms with van der Waals surface area (Å²) < 4.78 is 4.95. The predicted octanol–water partition coefficient (Wildman–Crippen LogP) is 6.35. The van der Waals surface area contributed by atoms with E-state index in [0.717, 1.165) is 15.4 Å². The van der Waals surface area contributed by atoms with Crippen LogP contribution in [0.2, 0.25) is 10.0 Å². The van der Waals surface area contributed by atoms with E-state index in [-0.39, 0.29) is 18.7 Å². The predicted molar refractivity (Wildman–Crippen MR) is 136 cm³/mol. The normalized spacial score (nSPS) is 10.4. The topological polar surface area (TPSA) is 84.5 Å². The minimum Gasteiger partial charge on any atom is -0.456 e. The zero-order valence-electron chi connectivity index (χ0n) is 18.3. The number of nitrogens with one attached hydrogen (secondary N) is 2. The van der Waals surface area contributed by atoms with Crippen LogP contribution >= 0.6 is 35.0 Å². The Labute approximate surface area is 212 Å². The molecule has 0 fully saturated rings. The minimum atomic E-state index is -0.636. The summed E-state index contributed by atoms with van der Waals surface area (Å²) in [5.74, 6) is -1.45. The van der Waals surface area contributed by atoms with Gasteiger partial charge in [0.1, 0.15) is 0 Å². The maximum absolute atomic E-state index is 12.1. The first-order valence-corrected chi connectivity index (χ1v) is 11.9. The van der Waals surface area contributed by atoms with Gasteiger partial charge in [-0.2, -0.15) is 0 Å². The summed E-state index contributed by atoms with van der Waals surface area (Å²) in [6, 6.07) is 20.0. The SMILES string of the molecule is Cc1ccc(Cl)cc1NC(=O)COC(=O)CCC(=O)Nc1ccc(Sc2ccc(Cl)cc2)cc1. The van der Waals surface area contributed by atoms with Gasteiger partial charge in [-0.3, -0.25) is 14.4 Å². The van der Waals surface area contributed by atoms with Crippen LogP contribution in [0.15, 0.2) is 76.5 Å². The standard InChI is InChI=1S/C25H22Cl2N2O4S/c1-16-2-3-18(27)14-22(16)29-24(31)15-33-25(32)13-12-23(30)28-19-6-10-21(11-7-19)34-20-8-4-17(26)5-9-20/h2-11,14H,12-13,15H2,1H3,(H,28,30)(H,29,31). The highest BCUT2D eigenvalue weighted by molar-refractivity contribution is 7.99. The Balaban J connectivity index is 1.37. The number of rotatable bonds is 9. The molecule has 0 saturated heterocycles. The average Bonchev–Trinajstić information content (AvgIpc) is 2.81. The molecular formula is C25H22Cl2N2O4S. The zero-order chi connectivity index (χ0) is 24.5. The molecule has 0 aliphatic heterocycles. The molecular weight excluding hydrogens is 495 g/mol. The van der Waals surface area contributed by atoms with Gasteiger partial charge in [0, 0.05) is 37.6 Å². The van der Waals surface area contributed by atoms with Crippen molar-refractivity contribution >= 4 is 64.1 Å². The van der Waals surface area contributed by atoms with Crippen LogP contribution in [0.4, 0.5) is 11.4 Å². The summed E-state index contributed by atoms with van der Waals surface area (Å²) in [7, 11) is 0. The molecule has 3 rings (SSSR count). The number of aryl methyl sites for hydroxylation is 1. The van der Waals surface area contributed by atoms with E-state index in [0.29, 0.717) is 21.4 Å². The fraction of sp³-hybridized carbons (Fsp3) is 0.160. The second-order valence-corrected chi connectivity index (χ2v) is 9.32. The fourth-order valence-corrected chi connectivity index (χ4v) is 3.93. The van der Waals surface area contributed by atoms with Gasteiger partial charge in [-0.1, -0.05) is 41.0 Å². The van der Waals surface area contributed by atoms with Gasteiger partial charge in [0.2, 0.25) is 5.91 Å². The van der Waals surface area contributed by atoms with E-state index in [1.54, 1.807) is 42.1 Å². The third kappa shape index (κ3) is 8.41. The van der Waals surface area contributed by atoms with Crippen molar-refractivity contribution in [3.8, 4) is 0 Å². The van der Waals surface area contributed by atoms with E-state index >= 15 is 0 Å². The van der Waals surface area contributed by atoms with Crippen LogP contribution in [-0.2, 0) is 19.1 Å². The molecule has 34 heavy (non-hydrogen) atoms. The first kappa shape index (κ1) is 25.6. The number of hydrogen-bond donors (Lipinski definition) is 2. The molecule has 9 heteroatoms. The molecule has 2 N–H and O–H groups in total. The van der Waals surface area contributed by atoms with Crippen LogP contribution in [0.25, 0.3) is 0 Å². The van der Waals surface area contributed by atoms with Crippen LogP contribution in [0, 0.1) is 6.92 Å². The number of halogens is 2. The summed E-state index contributed by atoms with van der Waals surface area (Å²) in [5, 5.41) is 6.55. The number of carbonyl (C=O) groups excluding carboxylic acids is 3. The first-order chi connectivity index (χ1) is 16.3. The molecule has 0 bridgehead atoms. The molecule has 0 aliphatic rings. The minimum absolute atomic E-state index is 0.0604. The molecule has 0 spiro atoms. The lowest BCUT2D eigenvalue weighted by atomic mass is 10.2. The number of anilines is 2. The number of carbonyl (C=O) groups is 3. The Morgan fingerprint density at radius 3 is 2.09 bits per heavy atom. The molecule has 6 nitrogen and oxygen atoms in total. The van der Waals surface area contributed by atoms with Crippen molar-refractivity contribution in [1.82, 2.24) is 0 Å². The second kappa shape index (κ2) is 12.5. The monoisotopic (exact) mass is 516 g/mol. The third-order valence-corrected chi connectivity index (χ3v) is 6.08. The number of esters is 1. The van der Waals surface area contributed by atoms with E-state index in [1.807, 2.05) is 43.3 Å².